The van der Waals surface area contributed by atoms with Gasteiger partial charge in [-0.1, -0.05) is 129 Å². The van der Waals surface area contributed by atoms with Crippen molar-refractivity contribution in [2.24, 2.45) is 0 Å². The fraction of sp³-hybridized carbons (Fsp3) is 0.0732. The second-order valence-corrected chi connectivity index (χ2v) is 12.2. The quantitative estimate of drug-likeness (QED) is 0.207. The molecule has 0 saturated heterocycles. The summed E-state index contributed by atoms with van der Waals surface area (Å²) in [6.07, 6.45) is 0. The van der Waals surface area contributed by atoms with Crippen LogP contribution in [0.5, 0.6) is 0 Å². The van der Waals surface area contributed by atoms with Gasteiger partial charge in [-0.25, -0.2) is 0 Å². The van der Waals surface area contributed by atoms with Crippen molar-refractivity contribution in [2.75, 3.05) is 0 Å². The third kappa shape index (κ3) is 3.08. The summed E-state index contributed by atoms with van der Waals surface area (Å²) in [5, 5.41) is 7.79. The molecule has 1 heteroatoms. The first kappa shape index (κ1) is 23.6. The summed E-state index contributed by atoms with van der Waals surface area (Å²) >= 11 is 0. The van der Waals surface area contributed by atoms with Crippen LogP contribution in [0.3, 0.4) is 0 Å². The summed E-state index contributed by atoms with van der Waals surface area (Å²) in [4.78, 5) is 0. The number of nitrogens with zero attached hydrogens (tertiary/aromatic N) is 1. The van der Waals surface area contributed by atoms with Gasteiger partial charge in [-0.3, -0.25) is 0 Å². The van der Waals surface area contributed by atoms with Gasteiger partial charge >= 0.3 is 0 Å². The zero-order valence-corrected chi connectivity index (χ0v) is 23.7. The van der Waals surface area contributed by atoms with Crippen molar-refractivity contribution in [1.82, 2.24) is 4.57 Å². The molecule has 42 heavy (non-hydrogen) atoms. The van der Waals surface area contributed by atoms with E-state index in [4.69, 9.17) is 0 Å². The van der Waals surface area contributed by atoms with Crippen LogP contribution >= 0.6 is 0 Å². The van der Waals surface area contributed by atoms with E-state index in [1.54, 1.807) is 0 Å². The molecule has 1 aliphatic rings. The summed E-state index contributed by atoms with van der Waals surface area (Å²) in [7, 11) is 0. The molecule has 1 heterocycles. The summed E-state index contributed by atoms with van der Waals surface area (Å²) < 4.78 is 2.56. The molecule has 9 rings (SSSR count). The molecule has 0 fully saturated rings. The molecular weight excluding hydrogens is 506 g/mol. The van der Waals surface area contributed by atoms with Crippen molar-refractivity contribution >= 4 is 43.4 Å². The Morgan fingerprint density at radius 3 is 1.95 bits per heavy atom. The van der Waals surface area contributed by atoms with Gasteiger partial charge in [0.2, 0.25) is 0 Å². The highest BCUT2D eigenvalue weighted by Gasteiger charge is 2.35. The van der Waals surface area contributed by atoms with Crippen molar-refractivity contribution in [3.63, 3.8) is 0 Å². The summed E-state index contributed by atoms with van der Waals surface area (Å²) in [5.41, 5.74) is 11.5. The number of rotatable bonds is 2. The average Bonchev–Trinajstić information content (AvgIpc) is 3.34. The van der Waals surface area contributed by atoms with E-state index in [0.717, 1.165) is 0 Å². The topological polar surface area (TPSA) is 4.93 Å². The van der Waals surface area contributed by atoms with E-state index < -0.39 is 0 Å². The molecule has 198 valence electrons. The van der Waals surface area contributed by atoms with Crippen molar-refractivity contribution < 1.29 is 0 Å². The highest BCUT2D eigenvalue weighted by atomic mass is 15.0. The molecule has 0 amide bonds. The fourth-order valence-corrected chi connectivity index (χ4v) is 7.59. The summed E-state index contributed by atoms with van der Waals surface area (Å²) in [6.45, 7) is 4.75. The second kappa shape index (κ2) is 8.44. The molecule has 8 aromatic rings. The minimum Gasteiger partial charge on any atom is -0.308 e. The SMILES string of the molecule is CC1(C)c2ccccc2-c2c3c1cccc3cc1c3cc4ccccc4cc3n(-c3ccccc3-c3ccccc3)c21. The molecule has 0 unspecified atom stereocenters. The smallest absolute Gasteiger partial charge is 0.0626 e. The first-order valence-corrected chi connectivity index (χ1v) is 14.8. The number of benzene rings is 7. The average molecular weight is 536 g/mol. The minimum atomic E-state index is -0.0930. The minimum absolute atomic E-state index is 0.0930. The largest absolute Gasteiger partial charge is 0.308 e. The number of aromatic nitrogens is 1. The maximum atomic E-state index is 2.56. The van der Waals surface area contributed by atoms with Crippen LogP contribution in [0.25, 0.3) is 71.3 Å². The Morgan fingerprint density at radius 1 is 0.500 bits per heavy atom. The normalized spacial score (nSPS) is 13.7. The molecule has 0 radical (unpaired) electrons. The molecule has 0 saturated carbocycles. The molecule has 1 aliphatic carbocycles. The number of fused-ring (bicyclic) bond motifs is 7. The third-order valence-corrected chi connectivity index (χ3v) is 9.53. The maximum absolute atomic E-state index is 2.56. The lowest BCUT2D eigenvalue weighted by atomic mass is 9.68. The van der Waals surface area contributed by atoms with E-state index in [9.17, 15) is 0 Å². The van der Waals surface area contributed by atoms with Crippen LogP contribution in [0.4, 0.5) is 0 Å². The lowest BCUT2D eigenvalue weighted by Gasteiger charge is -2.35. The number of para-hydroxylation sites is 1. The molecule has 0 N–H and O–H groups in total. The van der Waals surface area contributed by atoms with E-state index in [1.165, 1.54) is 82.4 Å². The van der Waals surface area contributed by atoms with Gasteiger partial charge in [-0.15, -0.1) is 0 Å². The highest BCUT2D eigenvalue weighted by molar-refractivity contribution is 6.24. The lowest BCUT2D eigenvalue weighted by Crippen LogP contribution is -2.23. The Kier molecular flexibility index (Phi) is 4.73. The van der Waals surface area contributed by atoms with Gasteiger partial charge in [0.25, 0.3) is 0 Å². The molecule has 0 spiro atoms. The van der Waals surface area contributed by atoms with Gasteiger partial charge < -0.3 is 4.57 Å². The Morgan fingerprint density at radius 2 is 1.12 bits per heavy atom. The van der Waals surface area contributed by atoms with E-state index in [-0.39, 0.29) is 5.41 Å². The van der Waals surface area contributed by atoms with E-state index >= 15 is 0 Å². The van der Waals surface area contributed by atoms with Crippen molar-refractivity contribution in [3.8, 4) is 27.9 Å². The monoisotopic (exact) mass is 535 g/mol. The van der Waals surface area contributed by atoms with E-state index in [1.807, 2.05) is 0 Å². The van der Waals surface area contributed by atoms with E-state index in [0.29, 0.717) is 0 Å². The van der Waals surface area contributed by atoms with E-state index in [2.05, 4.69) is 158 Å². The van der Waals surface area contributed by atoms with Crippen LogP contribution < -0.4 is 0 Å². The maximum Gasteiger partial charge on any atom is 0.0626 e. The fourth-order valence-electron chi connectivity index (χ4n) is 7.59. The van der Waals surface area contributed by atoms with Gasteiger partial charge in [0.15, 0.2) is 0 Å². The van der Waals surface area contributed by atoms with Gasteiger partial charge in [0, 0.05) is 27.3 Å². The van der Waals surface area contributed by atoms with Crippen LogP contribution in [0.1, 0.15) is 25.0 Å². The first-order valence-electron chi connectivity index (χ1n) is 14.8. The zero-order chi connectivity index (χ0) is 28.0. The van der Waals surface area contributed by atoms with Gasteiger partial charge in [0.05, 0.1) is 16.7 Å². The van der Waals surface area contributed by atoms with Gasteiger partial charge in [0.1, 0.15) is 0 Å². The predicted octanol–water partition coefficient (Wildman–Crippen LogP) is 11.1. The molecule has 7 aromatic carbocycles. The van der Waals surface area contributed by atoms with Crippen LogP contribution in [0.15, 0.2) is 140 Å². The molecule has 1 nitrogen and oxygen atoms in total. The Balaban J connectivity index is 1.57. The zero-order valence-electron chi connectivity index (χ0n) is 23.7. The number of hydrogen-bond acceptors (Lipinski definition) is 0. The molecule has 0 bridgehead atoms. The van der Waals surface area contributed by atoms with Crippen molar-refractivity contribution in [1.29, 1.82) is 0 Å². The molecule has 1 aromatic heterocycles. The third-order valence-electron chi connectivity index (χ3n) is 9.53. The van der Waals surface area contributed by atoms with Crippen molar-refractivity contribution in [2.45, 2.75) is 19.3 Å². The van der Waals surface area contributed by atoms with Crippen LogP contribution in [0.2, 0.25) is 0 Å². The first-order chi connectivity index (χ1) is 20.6. The van der Waals surface area contributed by atoms with Crippen LogP contribution in [-0.2, 0) is 5.41 Å². The Hall–Kier alpha value is -5.14. The van der Waals surface area contributed by atoms with Gasteiger partial charge in [-0.05, 0) is 68.1 Å². The Labute approximate surface area is 245 Å². The standard InChI is InChI=1S/C41H29N/c1-41(2)34-20-10-8-19-31(34)39-38-29(17-12-21-35(38)41)24-33-32-23-27-15-6-7-16-28(27)25-37(32)42(40(33)39)36-22-11-9-18-30(36)26-13-4-3-5-14-26/h3-25H,1-2H3. The molecule has 0 atom stereocenters. The highest BCUT2D eigenvalue weighted by Crippen LogP contribution is 2.53. The summed E-state index contributed by atoms with van der Waals surface area (Å²) in [5.74, 6) is 0. The molecular formula is C41H29N. The van der Waals surface area contributed by atoms with Crippen molar-refractivity contribution in [3.05, 3.63) is 151 Å². The Bertz CT molecular complexity index is 2370. The summed E-state index contributed by atoms with van der Waals surface area (Å²) in [6, 6.07) is 51.6. The molecule has 0 aliphatic heterocycles. The predicted molar refractivity (Wildman–Crippen MR) is 179 cm³/mol. The van der Waals surface area contributed by atoms with Crippen LogP contribution in [0, 0.1) is 0 Å². The lowest BCUT2D eigenvalue weighted by molar-refractivity contribution is 0.645. The van der Waals surface area contributed by atoms with Gasteiger partial charge in [-0.2, -0.15) is 0 Å². The second-order valence-electron chi connectivity index (χ2n) is 12.2. The number of hydrogen-bond donors (Lipinski definition) is 0. The van der Waals surface area contributed by atoms with Crippen LogP contribution in [-0.4, -0.2) is 4.57 Å².